The SMILES string of the molecule is CCC1CN(C(=O)NC(COC)C(=O)O)CCCO1. The quantitative estimate of drug-likeness (QED) is 0.752. The first-order valence-corrected chi connectivity index (χ1v) is 6.47. The van der Waals surface area contributed by atoms with Crippen molar-refractivity contribution in [2.24, 2.45) is 0 Å². The summed E-state index contributed by atoms with van der Waals surface area (Å²) in [6.45, 7) is 3.63. The number of hydrogen-bond donors (Lipinski definition) is 2. The Hall–Kier alpha value is -1.34. The maximum absolute atomic E-state index is 12.0. The van der Waals surface area contributed by atoms with Crippen LogP contribution in [0.1, 0.15) is 19.8 Å². The van der Waals surface area contributed by atoms with Crippen LogP contribution < -0.4 is 5.32 Å². The fourth-order valence-electron chi connectivity index (χ4n) is 1.91. The zero-order valence-corrected chi connectivity index (χ0v) is 11.4. The molecule has 0 spiro atoms. The van der Waals surface area contributed by atoms with Gasteiger partial charge in [0.25, 0.3) is 0 Å². The standard InChI is InChI=1S/C12H22N2O5/c1-3-9-7-14(5-4-6-19-9)12(17)13-10(8-18-2)11(15)16/h9-10H,3-8H2,1-2H3,(H,13,17)(H,15,16). The smallest absolute Gasteiger partial charge is 0.328 e. The number of ether oxygens (including phenoxy) is 2. The summed E-state index contributed by atoms with van der Waals surface area (Å²) < 4.78 is 10.4. The van der Waals surface area contributed by atoms with Crippen LogP contribution in [0.15, 0.2) is 0 Å². The lowest BCUT2D eigenvalue weighted by atomic mass is 10.2. The van der Waals surface area contributed by atoms with Crippen LogP contribution in [0.2, 0.25) is 0 Å². The monoisotopic (exact) mass is 274 g/mol. The second-order valence-corrected chi connectivity index (χ2v) is 4.50. The van der Waals surface area contributed by atoms with Crippen LogP contribution in [-0.4, -0.2) is 67.6 Å². The minimum atomic E-state index is -1.10. The minimum Gasteiger partial charge on any atom is -0.480 e. The Morgan fingerprint density at radius 2 is 2.32 bits per heavy atom. The summed E-state index contributed by atoms with van der Waals surface area (Å²) in [5, 5.41) is 11.4. The zero-order valence-electron chi connectivity index (χ0n) is 11.4. The summed E-state index contributed by atoms with van der Waals surface area (Å²) in [6, 6.07) is -1.41. The number of rotatable bonds is 5. The Morgan fingerprint density at radius 1 is 1.58 bits per heavy atom. The summed E-state index contributed by atoms with van der Waals surface area (Å²) in [5.74, 6) is -1.10. The maximum atomic E-state index is 12.0. The van der Waals surface area contributed by atoms with E-state index in [1.54, 1.807) is 4.90 Å². The van der Waals surface area contributed by atoms with Gasteiger partial charge in [0.2, 0.25) is 0 Å². The van der Waals surface area contributed by atoms with Gasteiger partial charge < -0.3 is 24.8 Å². The van der Waals surface area contributed by atoms with E-state index in [2.05, 4.69) is 5.32 Å². The van der Waals surface area contributed by atoms with Crippen molar-refractivity contribution in [3.05, 3.63) is 0 Å². The first kappa shape index (κ1) is 15.7. The lowest BCUT2D eigenvalue weighted by Gasteiger charge is -2.25. The van der Waals surface area contributed by atoms with E-state index in [1.807, 2.05) is 6.92 Å². The van der Waals surface area contributed by atoms with Crippen molar-refractivity contribution in [1.29, 1.82) is 0 Å². The molecule has 2 unspecified atom stereocenters. The molecule has 0 saturated carbocycles. The van der Waals surface area contributed by atoms with Gasteiger partial charge in [-0.3, -0.25) is 0 Å². The molecule has 1 heterocycles. The number of carboxylic acids is 1. The molecule has 1 saturated heterocycles. The Balaban J connectivity index is 2.56. The van der Waals surface area contributed by atoms with Crippen LogP contribution in [0, 0.1) is 0 Å². The average molecular weight is 274 g/mol. The van der Waals surface area contributed by atoms with Gasteiger partial charge in [-0.05, 0) is 12.8 Å². The molecule has 110 valence electrons. The summed E-state index contributed by atoms with van der Waals surface area (Å²) in [6.07, 6.45) is 1.59. The summed E-state index contributed by atoms with van der Waals surface area (Å²) in [5.41, 5.74) is 0. The molecule has 2 amide bonds. The Morgan fingerprint density at radius 3 is 2.89 bits per heavy atom. The van der Waals surface area contributed by atoms with Gasteiger partial charge in [0.15, 0.2) is 6.04 Å². The molecule has 2 atom stereocenters. The number of nitrogens with zero attached hydrogens (tertiary/aromatic N) is 1. The first-order chi connectivity index (χ1) is 9.08. The van der Waals surface area contributed by atoms with Gasteiger partial charge in [-0.15, -0.1) is 0 Å². The van der Waals surface area contributed by atoms with Gasteiger partial charge in [-0.25, -0.2) is 9.59 Å². The molecule has 0 radical (unpaired) electrons. The third-order valence-corrected chi connectivity index (χ3v) is 3.02. The molecule has 7 nitrogen and oxygen atoms in total. The number of methoxy groups -OCH3 is 1. The second kappa shape index (κ2) is 7.96. The van der Waals surface area contributed by atoms with Crippen molar-refractivity contribution < 1.29 is 24.2 Å². The molecule has 7 heteroatoms. The highest BCUT2D eigenvalue weighted by Gasteiger charge is 2.26. The highest BCUT2D eigenvalue weighted by molar-refractivity contribution is 5.82. The van der Waals surface area contributed by atoms with E-state index in [0.29, 0.717) is 19.7 Å². The van der Waals surface area contributed by atoms with E-state index in [-0.39, 0.29) is 18.7 Å². The van der Waals surface area contributed by atoms with E-state index >= 15 is 0 Å². The van der Waals surface area contributed by atoms with Crippen LogP contribution in [-0.2, 0) is 14.3 Å². The normalized spacial score (nSPS) is 21.6. The van der Waals surface area contributed by atoms with Crippen LogP contribution in [0.25, 0.3) is 0 Å². The molecule has 1 fully saturated rings. The number of carbonyl (C=O) groups excluding carboxylic acids is 1. The molecular formula is C12H22N2O5. The summed E-state index contributed by atoms with van der Waals surface area (Å²) in [7, 11) is 1.40. The third kappa shape index (κ3) is 5.04. The molecular weight excluding hydrogens is 252 g/mol. The van der Waals surface area contributed by atoms with Crippen LogP contribution in [0.4, 0.5) is 4.79 Å². The molecule has 0 bridgehead atoms. The number of nitrogens with one attached hydrogen (secondary N) is 1. The Bertz CT molecular complexity index is 310. The van der Waals surface area contributed by atoms with Gasteiger partial charge in [0.05, 0.1) is 12.7 Å². The van der Waals surface area contributed by atoms with Gasteiger partial charge >= 0.3 is 12.0 Å². The molecule has 0 aromatic heterocycles. The van der Waals surface area contributed by atoms with E-state index in [0.717, 1.165) is 12.8 Å². The molecule has 0 aromatic carbocycles. The number of urea groups is 1. The lowest BCUT2D eigenvalue weighted by molar-refractivity contribution is -0.140. The fraction of sp³-hybridized carbons (Fsp3) is 0.833. The molecule has 0 aliphatic carbocycles. The van der Waals surface area contributed by atoms with Crippen molar-refractivity contribution >= 4 is 12.0 Å². The number of hydrogen-bond acceptors (Lipinski definition) is 4. The number of carbonyl (C=O) groups is 2. The van der Waals surface area contributed by atoms with Crippen molar-refractivity contribution in [2.45, 2.75) is 31.9 Å². The van der Waals surface area contributed by atoms with Gasteiger partial charge in [-0.1, -0.05) is 6.92 Å². The molecule has 1 aliphatic heterocycles. The molecule has 0 aromatic rings. The fourth-order valence-corrected chi connectivity index (χ4v) is 1.91. The highest BCUT2D eigenvalue weighted by atomic mass is 16.5. The van der Waals surface area contributed by atoms with Crippen LogP contribution in [0.5, 0.6) is 0 Å². The lowest BCUT2D eigenvalue weighted by Crippen LogP contribution is -2.51. The van der Waals surface area contributed by atoms with E-state index in [4.69, 9.17) is 14.6 Å². The van der Waals surface area contributed by atoms with Gasteiger partial charge in [0, 0.05) is 26.8 Å². The van der Waals surface area contributed by atoms with E-state index in [1.165, 1.54) is 7.11 Å². The van der Waals surface area contributed by atoms with E-state index < -0.39 is 12.0 Å². The maximum Gasteiger partial charge on any atom is 0.328 e. The van der Waals surface area contributed by atoms with E-state index in [9.17, 15) is 9.59 Å². The largest absolute Gasteiger partial charge is 0.480 e. The van der Waals surface area contributed by atoms with Gasteiger partial charge in [0.1, 0.15) is 0 Å². The van der Waals surface area contributed by atoms with Gasteiger partial charge in [-0.2, -0.15) is 0 Å². The average Bonchev–Trinajstić information content (AvgIpc) is 2.63. The van der Waals surface area contributed by atoms with Crippen molar-refractivity contribution in [2.75, 3.05) is 33.4 Å². The molecule has 2 N–H and O–H groups in total. The first-order valence-electron chi connectivity index (χ1n) is 6.47. The van der Waals surface area contributed by atoms with Crippen molar-refractivity contribution in [1.82, 2.24) is 10.2 Å². The summed E-state index contributed by atoms with van der Waals surface area (Å²) >= 11 is 0. The molecule has 1 rings (SSSR count). The predicted molar refractivity (Wildman–Crippen MR) is 68.1 cm³/mol. The Labute approximate surface area is 112 Å². The molecule has 19 heavy (non-hydrogen) atoms. The summed E-state index contributed by atoms with van der Waals surface area (Å²) in [4.78, 5) is 24.6. The van der Waals surface area contributed by atoms with Crippen LogP contribution in [0.3, 0.4) is 0 Å². The molecule has 1 aliphatic rings. The number of aliphatic carboxylic acids is 1. The van der Waals surface area contributed by atoms with Crippen LogP contribution >= 0.6 is 0 Å². The third-order valence-electron chi connectivity index (χ3n) is 3.02. The van der Waals surface area contributed by atoms with Crippen molar-refractivity contribution in [3.8, 4) is 0 Å². The number of carboxylic acid groups (broad SMARTS) is 1. The number of amides is 2. The predicted octanol–water partition coefficient (Wildman–Crippen LogP) is 0.297. The highest BCUT2D eigenvalue weighted by Crippen LogP contribution is 2.09. The second-order valence-electron chi connectivity index (χ2n) is 4.50. The van der Waals surface area contributed by atoms with Crippen molar-refractivity contribution in [3.63, 3.8) is 0 Å². The Kier molecular flexibility index (Phi) is 6.58. The minimum absolute atomic E-state index is 0.0129. The zero-order chi connectivity index (χ0) is 14.3. The topological polar surface area (TPSA) is 88.1 Å².